The summed E-state index contributed by atoms with van der Waals surface area (Å²) in [6.45, 7) is 5.77. The first kappa shape index (κ1) is 17.6. The Morgan fingerprint density at radius 1 is 1.08 bits per heavy atom. The van der Waals surface area contributed by atoms with Gasteiger partial charge in [-0.05, 0) is 37.1 Å². The number of ether oxygens (including phenoxy) is 1. The minimum absolute atomic E-state index is 0.191. The van der Waals surface area contributed by atoms with Gasteiger partial charge in [0.15, 0.2) is 0 Å². The van der Waals surface area contributed by atoms with Gasteiger partial charge in [-0.25, -0.2) is 0 Å². The number of hydrogen-bond donors (Lipinski definition) is 1. The van der Waals surface area contributed by atoms with Crippen LogP contribution in [0.3, 0.4) is 0 Å². The van der Waals surface area contributed by atoms with E-state index in [1.165, 1.54) is 30.2 Å². The van der Waals surface area contributed by atoms with Gasteiger partial charge in [0.25, 0.3) is 0 Å². The molecule has 5 nitrogen and oxygen atoms in total. The summed E-state index contributed by atoms with van der Waals surface area (Å²) >= 11 is 0. The Kier molecular flexibility index (Phi) is 5.56. The van der Waals surface area contributed by atoms with Crippen molar-refractivity contribution in [3.8, 4) is 0 Å². The molecular formula is C21H29N3O2. The molecule has 140 valence electrons. The van der Waals surface area contributed by atoms with E-state index in [0.29, 0.717) is 0 Å². The number of amides is 1. The van der Waals surface area contributed by atoms with Crippen molar-refractivity contribution in [2.24, 2.45) is 5.92 Å². The average Bonchev–Trinajstić information content (AvgIpc) is 3.10. The molecule has 26 heavy (non-hydrogen) atoms. The summed E-state index contributed by atoms with van der Waals surface area (Å²) in [5.41, 5.74) is 2.15. The van der Waals surface area contributed by atoms with Gasteiger partial charge in [-0.1, -0.05) is 19.3 Å². The van der Waals surface area contributed by atoms with Crippen LogP contribution in [0.5, 0.6) is 0 Å². The second-order valence-corrected chi connectivity index (χ2v) is 7.56. The fourth-order valence-electron chi connectivity index (χ4n) is 4.16. The first-order chi connectivity index (χ1) is 12.8. The van der Waals surface area contributed by atoms with E-state index in [-0.39, 0.29) is 11.8 Å². The molecule has 4 rings (SSSR count). The maximum Gasteiger partial charge on any atom is 0.227 e. The maximum absolute atomic E-state index is 12.5. The van der Waals surface area contributed by atoms with Crippen LogP contribution in [0, 0.1) is 5.92 Å². The molecule has 0 spiro atoms. The summed E-state index contributed by atoms with van der Waals surface area (Å²) in [6, 6.07) is 8.41. The Labute approximate surface area is 155 Å². The van der Waals surface area contributed by atoms with E-state index < -0.39 is 0 Å². The lowest BCUT2D eigenvalue weighted by molar-refractivity contribution is -0.120. The lowest BCUT2D eigenvalue weighted by atomic mass is 9.88. The number of carbonyl (C=O) groups excluding carboxylic acids is 1. The van der Waals surface area contributed by atoms with E-state index in [0.717, 1.165) is 57.9 Å². The lowest BCUT2D eigenvalue weighted by Crippen LogP contribution is -2.38. The number of nitrogens with zero attached hydrogens (tertiary/aromatic N) is 2. The minimum atomic E-state index is 0.191. The lowest BCUT2D eigenvalue weighted by Gasteiger charge is -2.26. The van der Waals surface area contributed by atoms with Crippen LogP contribution in [-0.4, -0.2) is 48.2 Å². The quantitative estimate of drug-likeness (QED) is 0.893. The topological polar surface area (TPSA) is 46.5 Å². The summed E-state index contributed by atoms with van der Waals surface area (Å²) in [7, 11) is 0. The first-order valence-corrected chi connectivity index (χ1v) is 9.99. The number of morpholine rings is 1. The minimum Gasteiger partial charge on any atom is -0.379 e. The maximum atomic E-state index is 12.5. The molecule has 0 unspecified atom stereocenters. The van der Waals surface area contributed by atoms with Gasteiger partial charge in [-0.15, -0.1) is 0 Å². The van der Waals surface area contributed by atoms with E-state index in [4.69, 9.17) is 4.74 Å². The predicted octanol–water partition coefficient (Wildman–Crippen LogP) is 3.49. The molecule has 1 aliphatic carbocycles. The molecule has 2 aromatic rings. The summed E-state index contributed by atoms with van der Waals surface area (Å²) in [5.74, 6) is 0.383. The van der Waals surface area contributed by atoms with Gasteiger partial charge in [-0.3, -0.25) is 9.69 Å². The fourth-order valence-corrected chi connectivity index (χ4v) is 4.16. The molecule has 5 heteroatoms. The van der Waals surface area contributed by atoms with Crippen molar-refractivity contribution >= 4 is 22.5 Å². The van der Waals surface area contributed by atoms with Gasteiger partial charge in [-0.2, -0.15) is 0 Å². The van der Waals surface area contributed by atoms with Crippen molar-refractivity contribution in [3.63, 3.8) is 0 Å². The smallest absolute Gasteiger partial charge is 0.227 e. The van der Waals surface area contributed by atoms with E-state index >= 15 is 0 Å². The molecule has 0 bridgehead atoms. The number of rotatable bonds is 5. The van der Waals surface area contributed by atoms with Gasteiger partial charge in [0.1, 0.15) is 0 Å². The third-order valence-corrected chi connectivity index (χ3v) is 5.78. The monoisotopic (exact) mass is 355 g/mol. The van der Waals surface area contributed by atoms with E-state index in [1.807, 2.05) is 6.07 Å². The zero-order valence-electron chi connectivity index (χ0n) is 15.5. The number of nitrogens with one attached hydrogen (secondary N) is 1. The number of fused-ring (bicyclic) bond motifs is 1. The Hall–Kier alpha value is -1.85. The molecule has 1 N–H and O–H groups in total. The van der Waals surface area contributed by atoms with Crippen LogP contribution >= 0.6 is 0 Å². The van der Waals surface area contributed by atoms with Crippen molar-refractivity contribution in [1.29, 1.82) is 0 Å². The highest BCUT2D eigenvalue weighted by molar-refractivity contribution is 5.95. The highest BCUT2D eigenvalue weighted by atomic mass is 16.5. The summed E-state index contributed by atoms with van der Waals surface area (Å²) in [6.07, 6.45) is 7.86. The molecule has 1 amide bonds. The van der Waals surface area contributed by atoms with Crippen molar-refractivity contribution < 1.29 is 9.53 Å². The van der Waals surface area contributed by atoms with Crippen LogP contribution in [0.15, 0.2) is 30.5 Å². The molecule has 1 aromatic carbocycles. The van der Waals surface area contributed by atoms with E-state index in [9.17, 15) is 4.79 Å². The highest BCUT2D eigenvalue weighted by Crippen LogP contribution is 2.26. The zero-order chi connectivity index (χ0) is 17.8. The summed E-state index contributed by atoms with van der Waals surface area (Å²) in [4.78, 5) is 14.9. The number of hydrogen-bond acceptors (Lipinski definition) is 3. The molecule has 2 fully saturated rings. The van der Waals surface area contributed by atoms with Crippen molar-refractivity contribution in [3.05, 3.63) is 30.5 Å². The molecule has 2 aliphatic rings. The summed E-state index contributed by atoms with van der Waals surface area (Å²) in [5, 5.41) is 4.31. The first-order valence-electron chi connectivity index (χ1n) is 9.99. The Morgan fingerprint density at radius 2 is 1.88 bits per heavy atom. The Bertz CT molecular complexity index is 743. The van der Waals surface area contributed by atoms with Crippen LogP contribution in [-0.2, 0) is 16.1 Å². The summed E-state index contributed by atoms with van der Waals surface area (Å²) < 4.78 is 7.72. The van der Waals surface area contributed by atoms with Crippen LogP contribution < -0.4 is 5.32 Å². The number of anilines is 1. The highest BCUT2D eigenvalue weighted by Gasteiger charge is 2.21. The largest absolute Gasteiger partial charge is 0.379 e. The third-order valence-electron chi connectivity index (χ3n) is 5.78. The predicted molar refractivity (Wildman–Crippen MR) is 104 cm³/mol. The molecule has 1 aliphatic heterocycles. The molecule has 0 atom stereocenters. The average molecular weight is 355 g/mol. The normalized spacial score (nSPS) is 19.7. The van der Waals surface area contributed by atoms with Gasteiger partial charge in [0, 0.05) is 54.9 Å². The van der Waals surface area contributed by atoms with Crippen LogP contribution in [0.1, 0.15) is 32.1 Å². The van der Waals surface area contributed by atoms with Gasteiger partial charge in [0.2, 0.25) is 5.91 Å². The molecule has 0 radical (unpaired) electrons. The van der Waals surface area contributed by atoms with Gasteiger partial charge in [0.05, 0.1) is 13.2 Å². The zero-order valence-corrected chi connectivity index (χ0v) is 15.5. The van der Waals surface area contributed by atoms with Crippen LogP contribution in [0.25, 0.3) is 10.9 Å². The molecule has 1 saturated carbocycles. The standard InChI is InChI=1S/C21H29N3O2/c25-21(17-4-2-1-3-5-17)22-19-6-7-20-18(16-19)8-9-24(20)11-10-23-12-14-26-15-13-23/h6-9,16-17H,1-5,10-15H2,(H,22,25). The molecule has 1 saturated heterocycles. The fraction of sp³-hybridized carbons (Fsp3) is 0.571. The van der Waals surface area contributed by atoms with Gasteiger partial charge < -0.3 is 14.6 Å². The van der Waals surface area contributed by atoms with E-state index in [2.05, 4.69) is 39.2 Å². The number of aromatic nitrogens is 1. The van der Waals surface area contributed by atoms with E-state index in [1.54, 1.807) is 0 Å². The third kappa shape index (κ3) is 4.10. The molecular weight excluding hydrogens is 326 g/mol. The van der Waals surface area contributed by atoms with Crippen LogP contribution in [0.4, 0.5) is 5.69 Å². The Morgan fingerprint density at radius 3 is 2.69 bits per heavy atom. The second kappa shape index (κ2) is 8.23. The Balaban J connectivity index is 1.39. The van der Waals surface area contributed by atoms with Crippen molar-refractivity contribution in [2.75, 3.05) is 38.2 Å². The van der Waals surface area contributed by atoms with Crippen molar-refractivity contribution in [2.45, 2.75) is 38.6 Å². The molecule has 2 heterocycles. The molecule has 1 aromatic heterocycles. The SMILES string of the molecule is O=C(Nc1ccc2c(ccn2CCN2CCOCC2)c1)C1CCCCC1. The van der Waals surface area contributed by atoms with Gasteiger partial charge >= 0.3 is 0 Å². The second-order valence-electron chi connectivity index (χ2n) is 7.56. The number of carbonyl (C=O) groups is 1. The van der Waals surface area contributed by atoms with Crippen LogP contribution in [0.2, 0.25) is 0 Å². The number of benzene rings is 1. The van der Waals surface area contributed by atoms with Crippen molar-refractivity contribution in [1.82, 2.24) is 9.47 Å².